The molecule has 0 heterocycles. The summed E-state index contributed by atoms with van der Waals surface area (Å²) in [6, 6.07) is 4.08. The van der Waals surface area contributed by atoms with Crippen LogP contribution in [0.15, 0.2) is 18.2 Å². The molecule has 2 aliphatic rings. The van der Waals surface area contributed by atoms with Crippen molar-refractivity contribution in [3.05, 3.63) is 33.3 Å². The number of nitrogens with zero attached hydrogens (tertiary/aromatic N) is 1. The molecular formula is C14H15ClN2O3. The van der Waals surface area contributed by atoms with Crippen molar-refractivity contribution in [2.24, 2.45) is 17.8 Å². The van der Waals surface area contributed by atoms with Gasteiger partial charge in [0.2, 0.25) is 5.91 Å². The molecule has 1 N–H and O–H groups in total. The van der Waals surface area contributed by atoms with Crippen LogP contribution in [0.4, 0.5) is 11.4 Å². The fourth-order valence-electron chi connectivity index (χ4n) is 3.51. The van der Waals surface area contributed by atoms with E-state index in [1.807, 2.05) is 0 Å². The second-order valence-electron chi connectivity index (χ2n) is 5.69. The Bertz CT molecular complexity index is 576. The molecule has 20 heavy (non-hydrogen) atoms. The van der Waals surface area contributed by atoms with E-state index < -0.39 is 4.92 Å². The third-order valence-corrected chi connectivity index (χ3v) is 4.82. The van der Waals surface area contributed by atoms with Crippen LogP contribution in [0.1, 0.15) is 25.7 Å². The normalized spacial score (nSPS) is 27.6. The quantitative estimate of drug-likeness (QED) is 0.683. The molecule has 2 fully saturated rings. The predicted octanol–water partition coefficient (Wildman–Crippen LogP) is 3.62. The molecule has 2 bridgehead atoms. The fourth-order valence-corrected chi connectivity index (χ4v) is 3.68. The summed E-state index contributed by atoms with van der Waals surface area (Å²) in [6.07, 6.45) is 4.42. The molecule has 6 heteroatoms. The lowest BCUT2D eigenvalue weighted by atomic mass is 9.88. The second-order valence-corrected chi connectivity index (χ2v) is 6.10. The number of fused-ring (bicyclic) bond motifs is 2. The Morgan fingerprint density at radius 1 is 1.35 bits per heavy atom. The molecule has 106 valence electrons. The Morgan fingerprint density at radius 2 is 2.15 bits per heavy atom. The number of hydrogen-bond donors (Lipinski definition) is 1. The number of rotatable bonds is 3. The third-order valence-electron chi connectivity index (χ3n) is 4.49. The van der Waals surface area contributed by atoms with Gasteiger partial charge in [-0.15, -0.1) is 0 Å². The van der Waals surface area contributed by atoms with Crippen molar-refractivity contribution in [3.8, 4) is 0 Å². The van der Waals surface area contributed by atoms with Crippen LogP contribution in [-0.2, 0) is 4.79 Å². The number of nitro groups is 1. The second kappa shape index (κ2) is 5.05. The molecular weight excluding hydrogens is 280 g/mol. The highest BCUT2D eigenvalue weighted by Crippen LogP contribution is 2.48. The van der Waals surface area contributed by atoms with Crippen LogP contribution >= 0.6 is 11.6 Å². The SMILES string of the molecule is O=C(Nc1cc([N+](=O)[O-])ccc1Cl)[C@H]1C[C@H]2CC[C@H]1C2. The van der Waals surface area contributed by atoms with E-state index in [1.165, 1.54) is 24.6 Å². The van der Waals surface area contributed by atoms with Crippen molar-refractivity contribution in [1.82, 2.24) is 0 Å². The van der Waals surface area contributed by atoms with Crippen molar-refractivity contribution in [3.63, 3.8) is 0 Å². The molecule has 3 rings (SSSR count). The molecule has 0 unspecified atom stereocenters. The summed E-state index contributed by atoms with van der Waals surface area (Å²) in [5.74, 6) is 1.12. The maximum Gasteiger partial charge on any atom is 0.271 e. The first-order valence-electron chi connectivity index (χ1n) is 6.79. The smallest absolute Gasteiger partial charge is 0.271 e. The summed E-state index contributed by atoms with van der Waals surface area (Å²) in [7, 11) is 0. The number of benzene rings is 1. The molecule has 5 nitrogen and oxygen atoms in total. The molecule has 0 saturated heterocycles. The van der Waals surface area contributed by atoms with Gasteiger partial charge >= 0.3 is 0 Å². The molecule has 0 spiro atoms. The average Bonchev–Trinajstić information content (AvgIpc) is 3.03. The van der Waals surface area contributed by atoms with Gasteiger partial charge in [-0.3, -0.25) is 14.9 Å². The molecule has 0 radical (unpaired) electrons. The van der Waals surface area contributed by atoms with E-state index in [-0.39, 0.29) is 17.5 Å². The number of carbonyl (C=O) groups is 1. The highest BCUT2D eigenvalue weighted by atomic mass is 35.5. The Labute approximate surface area is 121 Å². The van der Waals surface area contributed by atoms with Crippen molar-refractivity contribution < 1.29 is 9.72 Å². The fraction of sp³-hybridized carbons (Fsp3) is 0.500. The van der Waals surface area contributed by atoms with Crippen LogP contribution in [0.5, 0.6) is 0 Å². The zero-order valence-electron chi connectivity index (χ0n) is 10.8. The van der Waals surface area contributed by atoms with Gasteiger partial charge in [0.15, 0.2) is 0 Å². The van der Waals surface area contributed by atoms with Crippen LogP contribution in [0.3, 0.4) is 0 Å². The Balaban J connectivity index is 1.75. The maximum atomic E-state index is 12.3. The van der Waals surface area contributed by atoms with E-state index in [2.05, 4.69) is 5.32 Å². The minimum Gasteiger partial charge on any atom is -0.324 e. The Morgan fingerprint density at radius 3 is 2.75 bits per heavy atom. The van der Waals surface area contributed by atoms with Crippen molar-refractivity contribution >= 4 is 28.9 Å². The zero-order valence-corrected chi connectivity index (χ0v) is 11.6. The number of hydrogen-bond acceptors (Lipinski definition) is 3. The highest BCUT2D eigenvalue weighted by Gasteiger charge is 2.43. The Hall–Kier alpha value is -1.62. The number of carbonyl (C=O) groups excluding carboxylic acids is 1. The number of nitro benzene ring substituents is 1. The summed E-state index contributed by atoms with van der Waals surface area (Å²) in [5, 5.41) is 13.8. The molecule has 0 aromatic heterocycles. The van der Waals surface area contributed by atoms with Crippen LogP contribution in [0.25, 0.3) is 0 Å². The lowest BCUT2D eigenvalue weighted by Crippen LogP contribution is -2.27. The summed E-state index contributed by atoms with van der Waals surface area (Å²) >= 11 is 5.99. The van der Waals surface area contributed by atoms with Crippen molar-refractivity contribution in [1.29, 1.82) is 0 Å². The van der Waals surface area contributed by atoms with E-state index in [9.17, 15) is 14.9 Å². The minimum absolute atomic E-state index is 0.0316. The van der Waals surface area contributed by atoms with Gasteiger partial charge < -0.3 is 5.32 Å². The number of non-ortho nitro benzene ring substituents is 1. The molecule has 2 aliphatic carbocycles. The maximum absolute atomic E-state index is 12.3. The summed E-state index contributed by atoms with van der Waals surface area (Å²) in [4.78, 5) is 22.6. The summed E-state index contributed by atoms with van der Waals surface area (Å²) in [6.45, 7) is 0. The van der Waals surface area contributed by atoms with Gasteiger partial charge in [0.25, 0.3) is 5.69 Å². The molecule has 1 aromatic rings. The monoisotopic (exact) mass is 294 g/mol. The van der Waals surface area contributed by atoms with Crippen LogP contribution < -0.4 is 5.32 Å². The summed E-state index contributed by atoms with van der Waals surface area (Å²) < 4.78 is 0. The van der Waals surface area contributed by atoms with Crippen LogP contribution in [0.2, 0.25) is 5.02 Å². The molecule has 1 aromatic carbocycles. The lowest BCUT2D eigenvalue weighted by Gasteiger charge is -2.21. The first-order valence-corrected chi connectivity index (χ1v) is 7.17. The topological polar surface area (TPSA) is 72.2 Å². The van der Waals surface area contributed by atoms with Gasteiger partial charge in [0, 0.05) is 18.1 Å². The standard InChI is InChI=1S/C14H15ClN2O3/c15-12-4-3-10(17(19)20)7-13(12)16-14(18)11-6-8-1-2-9(11)5-8/h3-4,7-9,11H,1-2,5-6H2,(H,16,18)/t8-,9-,11-/m0/s1. The number of nitrogens with one attached hydrogen (secondary N) is 1. The van der Waals surface area contributed by atoms with Crippen LogP contribution in [-0.4, -0.2) is 10.8 Å². The van der Waals surface area contributed by atoms with Gasteiger partial charge in [-0.05, 0) is 37.2 Å². The lowest BCUT2D eigenvalue weighted by molar-refractivity contribution is -0.384. The zero-order chi connectivity index (χ0) is 14.3. The predicted molar refractivity (Wildman–Crippen MR) is 75.7 cm³/mol. The van der Waals surface area contributed by atoms with Gasteiger partial charge in [-0.25, -0.2) is 0 Å². The largest absolute Gasteiger partial charge is 0.324 e. The van der Waals surface area contributed by atoms with Gasteiger partial charge in [-0.1, -0.05) is 18.0 Å². The molecule has 2 saturated carbocycles. The van der Waals surface area contributed by atoms with E-state index in [1.54, 1.807) is 0 Å². The van der Waals surface area contributed by atoms with Gasteiger partial charge in [0.05, 0.1) is 15.6 Å². The highest BCUT2D eigenvalue weighted by molar-refractivity contribution is 6.33. The minimum atomic E-state index is -0.497. The van der Waals surface area contributed by atoms with Gasteiger partial charge in [0.1, 0.15) is 0 Å². The van der Waals surface area contributed by atoms with Crippen molar-refractivity contribution in [2.45, 2.75) is 25.7 Å². The van der Waals surface area contributed by atoms with E-state index in [0.717, 1.165) is 19.3 Å². The molecule has 3 atom stereocenters. The average molecular weight is 295 g/mol. The van der Waals surface area contributed by atoms with Crippen molar-refractivity contribution in [2.75, 3.05) is 5.32 Å². The number of halogens is 1. The summed E-state index contributed by atoms with van der Waals surface area (Å²) in [5.41, 5.74) is 0.256. The molecule has 0 aliphatic heterocycles. The van der Waals surface area contributed by atoms with E-state index in [0.29, 0.717) is 22.5 Å². The molecule has 1 amide bonds. The Kier molecular flexibility index (Phi) is 3.38. The van der Waals surface area contributed by atoms with Gasteiger partial charge in [-0.2, -0.15) is 0 Å². The first kappa shape index (κ1) is 13.4. The van der Waals surface area contributed by atoms with E-state index >= 15 is 0 Å². The number of amides is 1. The van der Waals surface area contributed by atoms with Crippen LogP contribution in [0, 0.1) is 27.9 Å². The van der Waals surface area contributed by atoms with E-state index in [4.69, 9.17) is 11.6 Å². The third kappa shape index (κ3) is 2.38. The number of anilines is 1. The first-order chi connectivity index (χ1) is 9.54.